The Labute approximate surface area is 103 Å². The maximum atomic E-state index is 13.4. The number of carboxylic acid groups (broad SMARTS) is 1. The van der Waals surface area contributed by atoms with Gasteiger partial charge < -0.3 is 10.4 Å². The van der Waals surface area contributed by atoms with E-state index in [1.54, 1.807) is 0 Å². The quantitative estimate of drug-likeness (QED) is 0.568. The third-order valence-corrected chi connectivity index (χ3v) is 3.75. The van der Waals surface area contributed by atoms with Gasteiger partial charge in [-0.3, -0.25) is 4.79 Å². The number of hydrogen-bond acceptors (Lipinski definition) is 3. The highest BCUT2D eigenvalue weighted by atomic mass is 19.1. The van der Waals surface area contributed by atoms with E-state index in [0.717, 1.165) is 12.8 Å². The number of rotatable bonds is 2. The molecule has 6 nitrogen and oxygen atoms in total. The number of amides is 3. The van der Waals surface area contributed by atoms with Gasteiger partial charge in [0.05, 0.1) is 0 Å². The molecule has 1 unspecified atom stereocenters. The zero-order chi connectivity index (χ0) is 13.5. The summed E-state index contributed by atoms with van der Waals surface area (Å²) in [6.07, 6.45) is -0.243. The predicted molar refractivity (Wildman–Crippen MR) is 58.3 cm³/mol. The summed E-state index contributed by atoms with van der Waals surface area (Å²) in [5.74, 6) is -2.14. The van der Waals surface area contributed by atoms with E-state index in [2.05, 4.69) is 5.32 Å². The topological polar surface area (TPSA) is 86.7 Å². The maximum Gasteiger partial charge on any atom is 0.360 e. The van der Waals surface area contributed by atoms with Crippen LogP contribution < -0.4 is 5.32 Å². The average Bonchev–Trinajstić information content (AvgIpc) is 2.54. The highest BCUT2D eigenvalue weighted by molar-refractivity contribution is 6.09. The number of halogens is 1. The lowest BCUT2D eigenvalue weighted by molar-refractivity contribution is -0.154. The lowest BCUT2D eigenvalue weighted by Gasteiger charge is -2.33. The van der Waals surface area contributed by atoms with E-state index >= 15 is 0 Å². The molecule has 2 aliphatic rings. The summed E-state index contributed by atoms with van der Waals surface area (Å²) in [4.78, 5) is 34.4. The van der Waals surface area contributed by atoms with Crippen molar-refractivity contribution in [1.29, 1.82) is 0 Å². The molecular weight excluding hydrogens is 243 g/mol. The summed E-state index contributed by atoms with van der Waals surface area (Å²) in [6, 6.07) is -0.954. The van der Waals surface area contributed by atoms with Gasteiger partial charge in [0.25, 0.3) is 12.2 Å². The van der Waals surface area contributed by atoms with Crippen LogP contribution in [0.5, 0.6) is 0 Å². The fourth-order valence-electron chi connectivity index (χ4n) is 2.55. The minimum Gasteiger partial charge on any atom is -0.478 e. The van der Waals surface area contributed by atoms with E-state index in [0.29, 0.717) is 18.8 Å². The Morgan fingerprint density at radius 2 is 2.06 bits per heavy atom. The van der Waals surface area contributed by atoms with Gasteiger partial charge in [0.2, 0.25) is 0 Å². The van der Waals surface area contributed by atoms with Crippen LogP contribution in [0, 0.1) is 5.92 Å². The van der Waals surface area contributed by atoms with Gasteiger partial charge in [-0.25, -0.2) is 18.9 Å². The van der Waals surface area contributed by atoms with E-state index in [4.69, 9.17) is 5.11 Å². The first-order valence-electron chi connectivity index (χ1n) is 5.90. The van der Waals surface area contributed by atoms with Crippen LogP contribution in [0.4, 0.5) is 9.18 Å². The Morgan fingerprint density at radius 3 is 2.56 bits per heavy atom. The SMILES string of the molecule is CC1CCC2(CC1)NC(=O)N(C(F)C(=O)O)C2=O. The van der Waals surface area contributed by atoms with Crippen molar-refractivity contribution in [3.63, 3.8) is 0 Å². The number of nitrogens with one attached hydrogen (secondary N) is 1. The van der Waals surface area contributed by atoms with E-state index in [1.807, 2.05) is 6.92 Å². The van der Waals surface area contributed by atoms with Gasteiger partial charge in [-0.1, -0.05) is 6.92 Å². The molecule has 0 aromatic carbocycles. The van der Waals surface area contributed by atoms with Crippen LogP contribution in [-0.4, -0.2) is 39.7 Å². The summed E-state index contributed by atoms with van der Waals surface area (Å²) >= 11 is 0. The van der Waals surface area contributed by atoms with Crippen molar-refractivity contribution in [2.24, 2.45) is 5.92 Å². The molecule has 100 valence electrons. The second kappa shape index (κ2) is 4.22. The number of hydrogen-bond donors (Lipinski definition) is 2. The van der Waals surface area contributed by atoms with Crippen molar-refractivity contribution in [3.8, 4) is 0 Å². The highest BCUT2D eigenvalue weighted by Crippen LogP contribution is 2.36. The lowest BCUT2D eigenvalue weighted by Crippen LogP contribution is -2.50. The van der Waals surface area contributed by atoms with Crippen LogP contribution in [0.3, 0.4) is 0 Å². The summed E-state index contributed by atoms with van der Waals surface area (Å²) in [5, 5.41) is 11.0. The van der Waals surface area contributed by atoms with Crippen LogP contribution >= 0.6 is 0 Å². The number of urea groups is 1. The molecule has 0 aromatic rings. The fraction of sp³-hybridized carbons (Fsp3) is 0.727. The van der Waals surface area contributed by atoms with Gasteiger partial charge in [-0.05, 0) is 31.6 Å². The third-order valence-electron chi connectivity index (χ3n) is 3.75. The monoisotopic (exact) mass is 258 g/mol. The van der Waals surface area contributed by atoms with Crippen LogP contribution in [0.1, 0.15) is 32.6 Å². The number of alkyl halides is 1. The molecular formula is C11H15FN2O4. The van der Waals surface area contributed by atoms with Crippen molar-refractivity contribution < 1.29 is 23.9 Å². The second-order valence-corrected chi connectivity index (χ2v) is 5.04. The Kier molecular flexibility index (Phi) is 3.00. The van der Waals surface area contributed by atoms with Gasteiger partial charge in [0.1, 0.15) is 5.54 Å². The Morgan fingerprint density at radius 1 is 1.50 bits per heavy atom. The minimum atomic E-state index is -2.61. The normalized spacial score (nSPS) is 33.7. The molecule has 1 atom stereocenters. The molecule has 0 bridgehead atoms. The summed E-state index contributed by atoms with van der Waals surface area (Å²) < 4.78 is 13.4. The first kappa shape index (κ1) is 12.8. The summed E-state index contributed by atoms with van der Waals surface area (Å²) in [7, 11) is 0. The van der Waals surface area contributed by atoms with Crippen LogP contribution in [0.15, 0.2) is 0 Å². The first-order chi connectivity index (χ1) is 8.37. The van der Waals surface area contributed by atoms with E-state index in [1.165, 1.54) is 0 Å². The van der Waals surface area contributed by atoms with Crippen molar-refractivity contribution in [1.82, 2.24) is 10.2 Å². The van der Waals surface area contributed by atoms with Gasteiger partial charge in [0.15, 0.2) is 0 Å². The number of imide groups is 1. The van der Waals surface area contributed by atoms with E-state index in [-0.39, 0.29) is 4.90 Å². The molecule has 0 radical (unpaired) electrons. The smallest absolute Gasteiger partial charge is 0.360 e. The Balaban J connectivity index is 2.21. The van der Waals surface area contributed by atoms with Gasteiger partial charge >= 0.3 is 12.0 Å². The lowest BCUT2D eigenvalue weighted by atomic mass is 9.77. The molecule has 1 saturated heterocycles. The second-order valence-electron chi connectivity index (χ2n) is 5.04. The third kappa shape index (κ3) is 1.83. The van der Waals surface area contributed by atoms with Crippen molar-refractivity contribution in [3.05, 3.63) is 0 Å². The molecule has 2 fully saturated rings. The molecule has 3 amide bonds. The highest BCUT2D eigenvalue weighted by Gasteiger charge is 2.55. The summed E-state index contributed by atoms with van der Waals surface area (Å²) in [5.41, 5.74) is -1.09. The molecule has 1 aliphatic carbocycles. The molecule has 1 spiro atoms. The standard InChI is InChI=1S/C11H15FN2O4/c1-6-2-4-11(5-3-6)9(17)14(10(18)13-11)7(12)8(15)16/h6-7H,2-5H2,1H3,(H,13,18)(H,15,16). The zero-order valence-electron chi connectivity index (χ0n) is 9.98. The molecule has 0 aromatic heterocycles. The Bertz CT molecular complexity index is 404. The molecule has 2 N–H and O–H groups in total. The van der Waals surface area contributed by atoms with E-state index in [9.17, 15) is 18.8 Å². The fourth-order valence-corrected chi connectivity index (χ4v) is 2.55. The number of carbonyl (C=O) groups excluding carboxylic acids is 2. The predicted octanol–water partition coefficient (Wildman–Crippen LogP) is 0.867. The summed E-state index contributed by atoms with van der Waals surface area (Å²) in [6.45, 7) is 2.04. The first-order valence-corrected chi connectivity index (χ1v) is 5.90. The molecule has 1 heterocycles. The molecule has 1 aliphatic heterocycles. The van der Waals surface area contributed by atoms with Crippen LogP contribution in [0.2, 0.25) is 0 Å². The van der Waals surface area contributed by atoms with Crippen molar-refractivity contribution in [2.45, 2.75) is 44.4 Å². The zero-order valence-corrected chi connectivity index (χ0v) is 9.98. The largest absolute Gasteiger partial charge is 0.478 e. The molecule has 2 rings (SSSR count). The van der Waals surface area contributed by atoms with Crippen LogP contribution in [-0.2, 0) is 9.59 Å². The van der Waals surface area contributed by atoms with Gasteiger partial charge in [0, 0.05) is 0 Å². The molecule has 18 heavy (non-hydrogen) atoms. The number of aliphatic carboxylic acids is 1. The number of carboxylic acids is 1. The molecule has 1 saturated carbocycles. The average molecular weight is 258 g/mol. The molecule has 7 heteroatoms. The number of nitrogens with zero attached hydrogens (tertiary/aromatic N) is 1. The van der Waals surface area contributed by atoms with E-state index < -0.39 is 29.7 Å². The minimum absolute atomic E-state index is 0.179. The van der Waals surface area contributed by atoms with Gasteiger partial charge in [-0.2, -0.15) is 0 Å². The van der Waals surface area contributed by atoms with Crippen molar-refractivity contribution >= 4 is 17.9 Å². The Hall–Kier alpha value is -1.66. The van der Waals surface area contributed by atoms with Gasteiger partial charge in [-0.15, -0.1) is 0 Å². The maximum absolute atomic E-state index is 13.4. The van der Waals surface area contributed by atoms with Crippen LogP contribution in [0.25, 0.3) is 0 Å². The number of carbonyl (C=O) groups is 3. The van der Waals surface area contributed by atoms with Crippen molar-refractivity contribution in [2.75, 3.05) is 0 Å².